The minimum Gasteiger partial charge on any atom is -0.488 e. The van der Waals surface area contributed by atoms with Crippen LogP contribution in [0.15, 0.2) is 70.2 Å². The van der Waals surface area contributed by atoms with Gasteiger partial charge in [0, 0.05) is 5.56 Å². The molecular weight excluding hydrogens is 454 g/mol. The van der Waals surface area contributed by atoms with Crippen LogP contribution in [0.4, 0.5) is 0 Å². The van der Waals surface area contributed by atoms with Crippen LogP contribution in [0.5, 0.6) is 5.75 Å². The van der Waals surface area contributed by atoms with Crippen molar-refractivity contribution in [2.24, 2.45) is 5.10 Å². The molecule has 0 atom stereocenters. The van der Waals surface area contributed by atoms with Crippen LogP contribution < -0.4 is 10.2 Å². The van der Waals surface area contributed by atoms with Gasteiger partial charge in [-0.05, 0) is 70.7 Å². The van der Waals surface area contributed by atoms with Crippen LogP contribution in [-0.4, -0.2) is 12.1 Å². The molecule has 0 aliphatic heterocycles. The van der Waals surface area contributed by atoms with Crippen LogP contribution in [0.2, 0.25) is 0 Å². The molecular formula is C25H22BrN3O2. The van der Waals surface area contributed by atoms with Gasteiger partial charge in [0.2, 0.25) is 5.91 Å². The summed E-state index contributed by atoms with van der Waals surface area (Å²) in [4.78, 5) is 12.2. The second-order valence-electron chi connectivity index (χ2n) is 7.15. The number of carbonyl (C=O) groups excluding carboxylic acids is 1. The highest BCUT2D eigenvalue weighted by Gasteiger charge is 2.07. The molecule has 0 saturated carbocycles. The Labute approximate surface area is 190 Å². The molecule has 0 aromatic heterocycles. The van der Waals surface area contributed by atoms with Gasteiger partial charge in [-0.2, -0.15) is 10.4 Å². The second-order valence-corrected chi connectivity index (χ2v) is 8.00. The highest BCUT2D eigenvalue weighted by molar-refractivity contribution is 9.10. The van der Waals surface area contributed by atoms with Gasteiger partial charge in [0.1, 0.15) is 12.4 Å². The van der Waals surface area contributed by atoms with Gasteiger partial charge >= 0.3 is 0 Å². The van der Waals surface area contributed by atoms with Crippen molar-refractivity contribution in [1.29, 1.82) is 5.26 Å². The molecule has 0 heterocycles. The number of nitrogens with zero attached hydrogens (tertiary/aromatic N) is 2. The van der Waals surface area contributed by atoms with Gasteiger partial charge in [-0.1, -0.05) is 42.0 Å². The zero-order chi connectivity index (χ0) is 22.2. The number of carbonyl (C=O) groups is 1. The zero-order valence-electron chi connectivity index (χ0n) is 17.4. The van der Waals surface area contributed by atoms with E-state index in [9.17, 15) is 10.1 Å². The molecule has 6 heteroatoms. The van der Waals surface area contributed by atoms with Crippen molar-refractivity contribution in [3.05, 3.63) is 98.5 Å². The summed E-state index contributed by atoms with van der Waals surface area (Å²) in [7, 11) is 0. The van der Waals surface area contributed by atoms with E-state index in [0.717, 1.165) is 26.7 Å². The summed E-state index contributed by atoms with van der Waals surface area (Å²) in [5.41, 5.74) is 8.05. The molecule has 0 radical (unpaired) electrons. The lowest BCUT2D eigenvalue weighted by molar-refractivity contribution is -0.120. The lowest BCUT2D eigenvalue weighted by Crippen LogP contribution is -2.20. The smallest absolute Gasteiger partial charge is 0.244 e. The maximum absolute atomic E-state index is 12.2. The maximum atomic E-state index is 12.2. The Hall–Kier alpha value is -3.43. The minimum atomic E-state index is -0.168. The van der Waals surface area contributed by atoms with Crippen molar-refractivity contribution in [3.8, 4) is 11.8 Å². The monoisotopic (exact) mass is 475 g/mol. The van der Waals surface area contributed by atoms with Crippen molar-refractivity contribution in [3.63, 3.8) is 0 Å². The topological polar surface area (TPSA) is 74.5 Å². The Morgan fingerprint density at radius 2 is 1.94 bits per heavy atom. The fourth-order valence-corrected chi connectivity index (χ4v) is 3.57. The SMILES string of the molecule is Cc1ccc(CC(=O)N/N=C/c2ccc(OCc3ccccc3C#N)c(Br)c2)c(C)c1. The number of benzene rings is 3. The largest absolute Gasteiger partial charge is 0.488 e. The molecule has 1 amide bonds. The molecule has 3 aromatic rings. The van der Waals surface area contributed by atoms with Gasteiger partial charge in [0.25, 0.3) is 0 Å². The molecule has 156 valence electrons. The molecule has 3 rings (SSSR count). The predicted molar refractivity (Wildman–Crippen MR) is 125 cm³/mol. The van der Waals surface area contributed by atoms with Crippen LogP contribution in [0.25, 0.3) is 0 Å². The fraction of sp³-hybridized carbons (Fsp3) is 0.160. The van der Waals surface area contributed by atoms with Gasteiger partial charge in [-0.3, -0.25) is 4.79 Å². The average molecular weight is 476 g/mol. The van der Waals surface area contributed by atoms with Gasteiger partial charge in [0.05, 0.1) is 28.7 Å². The molecule has 0 unspecified atom stereocenters. The Kier molecular flexibility index (Phi) is 7.58. The summed E-state index contributed by atoms with van der Waals surface area (Å²) in [5.74, 6) is 0.488. The van der Waals surface area contributed by atoms with Crippen LogP contribution in [0.1, 0.15) is 33.4 Å². The Morgan fingerprint density at radius 1 is 1.13 bits per heavy atom. The summed E-state index contributed by atoms with van der Waals surface area (Å²) in [5, 5.41) is 13.2. The minimum absolute atomic E-state index is 0.168. The number of aryl methyl sites for hydroxylation is 2. The first-order valence-corrected chi connectivity index (χ1v) is 10.5. The number of halogens is 1. The predicted octanol–water partition coefficient (Wildman–Crippen LogP) is 5.21. The summed E-state index contributed by atoms with van der Waals surface area (Å²) >= 11 is 3.50. The van der Waals surface area contributed by atoms with Gasteiger partial charge in [-0.15, -0.1) is 0 Å². The van der Waals surface area contributed by atoms with Crippen molar-refractivity contribution in [1.82, 2.24) is 5.43 Å². The average Bonchev–Trinajstić information content (AvgIpc) is 2.75. The van der Waals surface area contributed by atoms with Crippen LogP contribution in [0, 0.1) is 25.2 Å². The maximum Gasteiger partial charge on any atom is 0.244 e. The molecule has 0 fully saturated rings. The highest BCUT2D eigenvalue weighted by Crippen LogP contribution is 2.26. The molecule has 0 aliphatic carbocycles. The number of rotatable bonds is 7. The van der Waals surface area contributed by atoms with Crippen LogP contribution in [-0.2, 0) is 17.8 Å². The highest BCUT2D eigenvalue weighted by atomic mass is 79.9. The third-order valence-corrected chi connectivity index (χ3v) is 5.35. The first kappa shape index (κ1) is 22.3. The van der Waals surface area contributed by atoms with Crippen LogP contribution >= 0.6 is 15.9 Å². The third kappa shape index (κ3) is 6.27. The standard InChI is InChI=1S/C25H22BrN3O2/c1-17-7-9-20(18(2)11-17)13-25(30)29-28-15-19-8-10-24(23(26)12-19)31-16-22-6-4-3-5-21(22)14-27/h3-12,15H,13,16H2,1-2H3,(H,29,30)/b28-15+. The summed E-state index contributed by atoms with van der Waals surface area (Å²) in [6, 6.07) is 21.0. The first-order chi connectivity index (χ1) is 15.0. The Balaban J connectivity index is 1.56. The van der Waals surface area contributed by atoms with E-state index in [1.165, 1.54) is 5.56 Å². The number of hydrazone groups is 1. The number of ether oxygens (including phenoxy) is 1. The van der Waals surface area contributed by atoms with Gasteiger partial charge in [-0.25, -0.2) is 5.43 Å². The van der Waals surface area contributed by atoms with Crippen molar-refractivity contribution < 1.29 is 9.53 Å². The second kappa shape index (κ2) is 10.6. The number of hydrogen-bond acceptors (Lipinski definition) is 4. The lowest BCUT2D eigenvalue weighted by Gasteiger charge is -2.10. The van der Waals surface area contributed by atoms with E-state index in [1.807, 2.05) is 62.4 Å². The summed E-state index contributed by atoms with van der Waals surface area (Å²) < 4.78 is 6.59. The molecule has 0 spiro atoms. The molecule has 5 nitrogen and oxygen atoms in total. The van der Waals surface area contributed by atoms with E-state index in [0.29, 0.717) is 17.9 Å². The van der Waals surface area contributed by atoms with Crippen LogP contribution in [0.3, 0.4) is 0 Å². The molecule has 3 aromatic carbocycles. The number of amides is 1. The normalized spacial score (nSPS) is 10.6. The van der Waals surface area contributed by atoms with E-state index in [2.05, 4.69) is 38.6 Å². The van der Waals surface area contributed by atoms with Crippen molar-refractivity contribution >= 4 is 28.1 Å². The number of nitriles is 1. The Morgan fingerprint density at radius 3 is 2.68 bits per heavy atom. The molecule has 0 aliphatic rings. The fourth-order valence-electron chi connectivity index (χ4n) is 3.06. The van der Waals surface area contributed by atoms with E-state index >= 15 is 0 Å². The molecule has 31 heavy (non-hydrogen) atoms. The Bertz CT molecular complexity index is 1170. The zero-order valence-corrected chi connectivity index (χ0v) is 18.9. The van der Waals surface area contributed by atoms with Gasteiger partial charge in [0.15, 0.2) is 0 Å². The van der Waals surface area contributed by atoms with E-state index in [4.69, 9.17) is 4.74 Å². The molecule has 1 N–H and O–H groups in total. The number of hydrogen-bond donors (Lipinski definition) is 1. The van der Waals surface area contributed by atoms with E-state index in [-0.39, 0.29) is 12.3 Å². The van der Waals surface area contributed by atoms with E-state index in [1.54, 1.807) is 12.3 Å². The lowest BCUT2D eigenvalue weighted by atomic mass is 10.0. The first-order valence-electron chi connectivity index (χ1n) is 9.74. The molecule has 0 saturated heterocycles. The van der Waals surface area contributed by atoms with Crippen molar-refractivity contribution in [2.45, 2.75) is 26.9 Å². The van der Waals surface area contributed by atoms with Gasteiger partial charge < -0.3 is 4.74 Å². The van der Waals surface area contributed by atoms with E-state index < -0.39 is 0 Å². The summed E-state index contributed by atoms with van der Waals surface area (Å²) in [6.07, 6.45) is 1.86. The van der Waals surface area contributed by atoms with Crippen molar-refractivity contribution in [2.75, 3.05) is 0 Å². The quantitative estimate of drug-likeness (QED) is 0.376. The molecule has 0 bridgehead atoms. The number of nitrogens with one attached hydrogen (secondary N) is 1. The summed E-state index contributed by atoms with van der Waals surface area (Å²) in [6.45, 7) is 4.32. The third-order valence-electron chi connectivity index (χ3n) is 4.73.